The first-order valence-corrected chi connectivity index (χ1v) is 9.32. The summed E-state index contributed by atoms with van der Waals surface area (Å²) >= 11 is 0. The molecule has 0 heterocycles. The molecule has 6 nitrogen and oxygen atoms in total. The highest BCUT2D eigenvalue weighted by molar-refractivity contribution is 5.93. The van der Waals surface area contributed by atoms with E-state index in [1.807, 2.05) is 18.2 Å². The van der Waals surface area contributed by atoms with Gasteiger partial charge < -0.3 is 14.8 Å². The lowest BCUT2D eigenvalue weighted by molar-refractivity contribution is -0.118. The first-order chi connectivity index (χ1) is 13.3. The molecule has 0 aliphatic heterocycles. The summed E-state index contributed by atoms with van der Waals surface area (Å²) in [5.74, 6) is 0.910. The number of anilines is 2. The quantitative estimate of drug-likeness (QED) is 0.694. The van der Waals surface area contributed by atoms with Crippen molar-refractivity contribution in [1.29, 1.82) is 0 Å². The molecule has 2 rings (SSSR count). The fraction of sp³-hybridized carbons (Fsp3) is 0.364. The number of carbonyl (C=O) groups is 2. The Labute approximate surface area is 166 Å². The van der Waals surface area contributed by atoms with Crippen molar-refractivity contribution < 1.29 is 19.1 Å². The normalized spacial score (nSPS) is 10.7. The van der Waals surface area contributed by atoms with Gasteiger partial charge >= 0.3 is 6.09 Å². The van der Waals surface area contributed by atoms with Crippen molar-refractivity contribution in [2.45, 2.75) is 39.5 Å². The molecule has 0 aliphatic rings. The Bertz CT molecular complexity index is 788. The number of hydrogen-bond acceptors (Lipinski definition) is 4. The van der Waals surface area contributed by atoms with Crippen molar-refractivity contribution in [1.82, 2.24) is 0 Å². The second-order valence-electron chi connectivity index (χ2n) is 7.10. The number of carbonyl (C=O) groups excluding carboxylic acids is 2. The summed E-state index contributed by atoms with van der Waals surface area (Å²) in [5.41, 5.74) is 3.67. The summed E-state index contributed by atoms with van der Waals surface area (Å²) in [6.07, 6.45) is -0.544. The maximum Gasteiger partial charge on any atom is 0.411 e. The number of ether oxygens (including phenoxy) is 2. The van der Waals surface area contributed by atoms with Gasteiger partial charge in [0.1, 0.15) is 5.75 Å². The molecular weight excluding hydrogens is 356 g/mol. The van der Waals surface area contributed by atoms with E-state index in [1.54, 1.807) is 24.3 Å². The van der Waals surface area contributed by atoms with Gasteiger partial charge in [0.05, 0.1) is 7.11 Å². The van der Waals surface area contributed by atoms with Crippen LogP contribution in [0.4, 0.5) is 16.2 Å². The van der Waals surface area contributed by atoms with Crippen LogP contribution in [0.25, 0.3) is 0 Å². The molecule has 2 aromatic rings. The molecule has 2 N–H and O–H groups in total. The molecular formula is C22H28N2O4. The number of rotatable bonds is 7. The van der Waals surface area contributed by atoms with E-state index < -0.39 is 6.09 Å². The average Bonchev–Trinajstić information content (AvgIpc) is 2.67. The minimum atomic E-state index is -0.544. The molecule has 0 fully saturated rings. The van der Waals surface area contributed by atoms with Gasteiger partial charge in [0.2, 0.25) is 0 Å². The summed E-state index contributed by atoms with van der Waals surface area (Å²) in [4.78, 5) is 23.7. The molecule has 2 amide bonds. The summed E-state index contributed by atoms with van der Waals surface area (Å²) in [6.45, 7) is 8.32. The summed E-state index contributed by atoms with van der Waals surface area (Å²) in [6, 6.07) is 12.8. The van der Waals surface area contributed by atoms with Gasteiger partial charge in [0.15, 0.2) is 6.61 Å². The molecule has 150 valence electrons. The summed E-state index contributed by atoms with van der Waals surface area (Å²) in [5, 5.41) is 5.57. The van der Waals surface area contributed by atoms with E-state index in [2.05, 4.69) is 43.1 Å². The van der Waals surface area contributed by atoms with Crippen LogP contribution < -0.4 is 15.4 Å². The van der Waals surface area contributed by atoms with E-state index in [0.717, 1.165) is 16.8 Å². The largest absolute Gasteiger partial charge is 0.484 e. The van der Waals surface area contributed by atoms with Gasteiger partial charge in [-0.25, -0.2) is 4.79 Å². The molecule has 28 heavy (non-hydrogen) atoms. The topological polar surface area (TPSA) is 76.7 Å². The molecule has 0 saturated heterocycles. The van der Waals surface area contributed by atoms with E-state index in [4.69, 9.17) is 4.74 Å². The van der Waals surface area contributed by atoms with Gasteiger partial charge in [-0.05, 0) is 47.2 Å². The van der Waals surface area contributed by atoms with Gasteiger partial charge in [-0.15, -0.1) is 0 Å². The zero-order valence-corrected chi connectivity index (χ0v) is 17.0. The number of amides is 2. The average molecular weight is 384 g/mol. The highest BCUT2D eigenvalue weighted by Crippen LogP contribution is 2.32. The van der Waals surface area contributed by atoms with Crippen LogP contribution in [0.3, 0.4) is 0 Å². The zero-order chi connectivity index (χ0) is 20.7. The second kappa shape index (κ2) is 9.78. The smallest absolute Gasteiger partial charge is 0.411 e. The van der Waals surface area contributed by atoms with Crippen molar-refractivity contribution in [3.8, 4) is 5.75 Å². The highest BCUT2D eigenvalue weighted by Gasteiger charge is 2.16. The molecule has 0 saturated carbocycles. The number of methoxy groups -OCH3 is 1. The molecule has 0 aliphatic carbocycles. The zero-order valence-electron chi connectivity index (χ0n) is 17.0. The first-order valence-electron chi connectivity index (χ1n) is 9.32. The van der Waals surface area contributed by atoms with E-state index >= 15 is 0 Å². The number of para-hydroxylation sites is 1. The SMILES string of the molecule is COC(=O)Nc1ccc(OCC(=O)Nc2c(C(C)C)cccc2C(C)C)cc1. The Balaban J connectivity index is 2.02. The van der Waals surface area contributed by atoms with Crippen LogP contribution in [0.15, 0.2) is 42.5 Å². The lowest BCUT2D eigenvalue weighted by Gasteiger charge is -2.20. The number of benzene rings is 2. The maximum atomic E-state index is 12.5. The molecule has 0 atom stereocenters. The fourth-order valence-electron chi connectivity index (χ4n) is 2.82. The van der Waals surface area contributed by atoms with Gasteiger partial charge in [0.25, 0.3) is 5.91 Å². The Morgan fingerprint density at radius 3 is 1.96 bits per heavy atom. The van der Waals surface area contributed by atoms with Crippen LogP contribution in [0.5, 0.6) is 5.75 Å². The van der Waals surface area contributed by atoms with Crippen LogP contribution in [0, 0.1) is 0 Å². The minimum Gasteiger partial charge on any atom is -0.484 e. The van der Waals surface area contributed by atoms with E-state index in [0.29, 0.717) is 23.3 Å². The highest BCUT2D eigenvalue weighted by atomic mass is 16.5. The third-order valence-electron chi connectivity index (χ3n) is 4.29. The summed E-state index contributed by atoms with van der Waals surface area (Å²) < 4.78 is 10.1. The third kappa shape index (κ3) is 5.74. The maximum absolute atomic E-state index is 12.5. The molecule has 0 radical (unpaired) electrons. The molecule has 6 heteroatoms. The van der Waals surface area contributed by atoms with E-state index in [9.17, 15) is 9.59 Å². The monoisotopic (exact) mass is 384 g/mol. The van der Waals surface area contributed by atoms with Crippen molar-refractivity contribution in [3.63, 3.8) is 0 Å². The standard InChI is InChI=1S/C22H28N2O4/c1-14(2)18-7-6-8-19(15(3)4)21(18)24-20(25)13-28-17-11-9-16(10-12-17)23-22(26)27-5/h6-12,14-15H,13H2,1-5H3,(H,23,26)(H,24,25). The van der Waals surface area contributed by atoms with Crippen LogP contribution in [0.1, 0.15) is 50.7 Å². The Morgan fingerprint density at radius 2 is 1.46 bits per heavy atom. The minimum absolute atomic E-state index is 0.103. The van der Waals surface area contributed by atoms with Gasteiger partial charge in [-0.2, -0.15) is 0 Å². The predicted octanol–water partition coefficient (Wildman–Crippen LogP) is 5.13. The first kappa shape index (κ1) is 21.3. The van der Waals surface area contributed by atoms with Crippen molar-refractivity contribution in [2.24, 2.45) is 0 Å². The van der Waals surface area contributed by atoms with Crippen molar-refractivity contribution in [2.75, 3.05) is 24.4 Å². The molecule has 0 unspecified atom stereocenters. The van der Waals surface area contributed by atoms with E-state index in [-0.39, 0.29) is 12.5 Å². The molecule has 2 aromatic carbocycles. The van der Waals surface area contributed by atoms with E-state index in [1.165, 1.54) is 7.11 Å². The summed E-state index contributed by atoms with van der Waals surface area (Å²) in [7, 11) is 1.30. The molecule has 0 aromatic heterocycles. The van der Waals surface area contributed by atoms with Crippen molar-refractivity contribution in [3.05, 3.63) is 53.6 Å². The fourth-order valence-corrected chi connectivity index (χ4v) is 2.82. The Kier molecular flexibility index (Phi) is 7.44. The lowest BCUT2D eigenvalue weighted by Crippen LogP contribution is -2.22. The number of nitrogens with one attached hydrogen (secondary N) is 2. The van der Waals surface area contributed by atoms with Crippen LogP contribution in [-0.4, -0.2) is 25.7 Å². The Morgan fingerprint density at radius 1 is 0.893 bits per heavy atom. The predicted molar refractivity (Wildman–Crippen MR) is 111 cm³/mol. The molecule has 0 spiro atoms. The van der Waals surface area contributed by atoms with Gasteiger partial charge in [0, 0.05) is 11.4 Å². The van der Waals surface area contributed by atoms with Gasteiger partial charge in [-0.1, -0.05) is 45.9 Å². The van der Waals surface area contributed by atoms with Crippen LogP contribution in [-0.2, 0) is 9.53 Å². The second-order valence-corrected chi connectivity index (χ2v) is 7.10. The lowest BCUT2D eigenvalue weighted by atomic mass is 9.92. The van der Waals surface area contributed by atoms with Crippen LogP contribution >= 0.6 is 0 Å². The third-order valence-corrected chi connectivity index (χ3v) is 4.29. The van der Waals surface area contributed by atoms with Gasteiger partial charge in [-0.3, -0.25) is 10.1 Å². The van der Waals surface area contributed by atoms with Crippen LogP contribution in [0.2, 0.25) is 0 Å². The number of hydrogen-bond donors (Lipinski definition) is 2. The Hall–Kier alpha value is -3.02. The van der Waals surface area contributed by atoms with Crippen molar-refractivity contribution >= 4 is 23.4 Å². The molecule has 0 bridgehead atoms.